The van der Waals surface area contributed by atoms with E-state index in [9.17, 15) is 4.79 Å². The topological polar surface area (TPSA) is 51.2 Å². The van der Waals surface area contributed by atoms with E-state index in [1.165, 1.54) is 0 Å². The Labute approximate surface area is 153 Å². The van der Waals surface area contributed by atoms with E-state index in [1.807, 2.05) is 62.4 Å². The van der Waals surface area contributed by atoms with Gasteiger partial charge in [-0.2, -0.15) is 0 Å². The van der Waals surface area contributed by atoms with Crippen LogP contribution in [-0.2, 0) is 6.42 Å². The van der Waals surface area contributed by atoms with Crippen molar-refractivity contribution in [1.29, 1.82) is 0 Å². The van der Waals surface area contributed by atoms with Crippen LogP contribution in [0.5, 0.6) is 5.75 Å². The first-order valence-corrected chi connectivity index (χ1v) is 9.10. The van der Waals surface area contributed by atoms with Crippen molar-refractivity contribution in [1.82, 2.24) is 10.3 Å². The van der Waals surface area contributed by atoms with E-state index in [0.29, 0.717) is 12.2 Å². The number of hydrogen-bond acceptors (Lipinski definition) is 3. The highest BCUT2D eigenvalue weighted by atomic mass is 16.5. The van der Waals surface area contributed by atoms with Gasteiger partial charge in [-0.1, -0.05) is 43.3 Å². The summed E-state index contributed by atoms with van der Waals surface area (Å²) < 4.78 is 5.70. The Morgan fingerprint density at radius 2 is 1.96 bits per heavy atom. The lowest BCUT2D eigenvalue weighted by atomic mass is 9.97. The number of nitrogens with one attached hydrogen (secondary N) is 1. The summed E-state index contributed by atoms with van der Waals surface area (Å²) in [4.78, 5) is 17.9. The van der Waals surface area contributed by atoms with Crippen LogP contribution in [0, 0.1) is 6.92 Å². The molecule has 2 heterocycles. The van der Waals surface area contributed by atoms with E-state index in [4.69, 9.17) is 9.72 Å². The maximum Gasteiger partial charge on any atom is 0.253 e. The van der Waals surface area contributed by atoms with E-state index >= 15 is 0 Å². The van der Waals surface area contributed by atoms with Gasteiger partial charge in [-0.05, 0) is 31.0 Å². The number of pyridine rings is 1. The third kappa shape index (κ3) is 2.81. The van der Waals surface area contributed by atoms with Gasteiger partial charge in [0.15, 0.2) is 0 Å². The summed E-state index contributed by atoms with van der Waals surface area (Å²) in [5.74, 6) is 0.799. The summed E-state index contributed by atoms with van der Waals surface area (Å²) in [5.41, 5.74) is 4.52. The van der Waals surface area contributed by atoms with Gasteiger partial charge in [0.2, 0.25) is 0 Å². The van der Waals surface area contributed by atoms with Gasteiger partial charge >= 0.3 is 0 Å². The molecular formula is C22H22N2O2. The molecule has 4 rings (SSSR count). The lowest BCUT2D eigenvalue weighted by molar-refractivity contribution is 0.0923. The van der Waals surface area contributed by atoms with E-state index in [1.54, 1.807) is 0 Å². The molecule has 0 unspecified atom stereocenters. The number of amides is 1. The molecule has 2 aromatic carbocycles. The van der Waals surface area contributed by atoms with Crippen molar-refractivity contribution in [3.8, 4) is 5.75 Å². The number of rotatable bonds is 3. The predicted molar refractivity (Wildman–Crippen MR) is 103 cm³/mol. The summed E-state index contributed by atoms with van der Waals surface area (Å²) in [6.07, 6.45) is 1.49. The van der Waals surface area contributed by atoms with Gasteiger partial charge in [0, 0.05) is 17.4 Å². The van der Waals surface area contributed by atoms with Crippen LogP contribution in [0.4, 0.5) is 0 Å². The lowest BCUT2D eigenvalue weighted by Crippen LogP contribution is -2.33. The average molecular weight is 346 g/mol. The van der Waals surface area contributed by atoms with Crippen LogP contribution in [0.1, 0.15) is 46.6 Å². The van der Waals surface area contributed by atoms with Crippen molar-refractivity contribution in [3.63, 3.8) is 0 Å². The lowest BCUT2D eigenvalue weighted by Gasteiger charge is -2.27. The number of carbonyl (C=O) groups is 1. The number of para-hydroxylation sites is 2. The minimum atomic E-state index is -0.0562. The van der Waals surface area contributed by atoms with E-state index in [2.05, 4.69) is 5.32 Å². The Morgan fingerprint density at radius 3 is 2.81 bits per heavy atom. The summed E-state index contributed by atoms with van der Waals surface area (Å²) >= 11 is 0. The molecule has 1 aliphatic heterocycles. The Kier molecular flexibility index (Phi) is 4.33. The van der Waals surface area contributed by atoms with Gasteiger partial charge in [0.05, 0.1) is 29.4 Å². The number of hydrogen-bond donors (Lipinski definition) is 1. The molecule has 132 valence electrons. The molecule has 0 aliphatic carbocycles. The molecule has 1 aromatic heterocycles. The van der Waals surface area contributed by atoms with Crippen LogP contribution < -0.4 is 10.1 Å². The number of nitrogens with zero attached hydrogens (tertiary/aromatic N) is 1. The van der Waals surface area contributed by atoms with Gasteiger partial charge in [0.1, 0.15) is 5.75 Å². The quantitative estimate of drug-likeness (QED) is 0.767. The van der Waals surface area contributed by atoms with Crippen LogP contribution in [0.3, 0.4) is 0 Å². The summed E-state index contributed by atoms with van der Waals surface area (Å²) in [7, 11) is 0. The SMILES string of the molecule is CCc1nc2ccccc2c(C)c1C(=O)N[C@@H]1CCOc2ccccc21. The number of fused-ring (bicyclic) bond motifs is 2. The molecule has 0 saturated carbocycles. The second-order valence-corrected chi connectivity index (χ2v) is 6.63. The van der Waals surface area contributed by atoms with Gasteiger partial charge in [-0.15, -0.1) is 0 Å². The van der Waals surface area contributed by atoms with Gasteiger partial charge in [-0.25, -0.2) is 0 Å². The third-order valence-electron chi connectivity index (χ3n) is 5.05. The Bertz CT molecular complexity index is 981. The molecule has 0 radical (unpaired) electrons. The predicted octanol–water partition coefficient (Wildman–Crippen LogP) is 4.36. The van der Waals surface area contributed by atoms with Gasteiger partial charge < -0.3 is 10.1 Å². The molecule has 3 aromatic rings. The first kappa shape index (κ1) is 16.6. The van der Waals surface area contributed by atoms with Crippen LogP contribution in [0.15, 0.2) is 48.5 Å². The summed E-state index contributed by atoms with van der Waals surface area (Å²) in [6.45, 7) is 4.66. The third-order valence-corrected chi connectivity index (χ3v) is 5.05. The molecule has 1 N–H and O–H groups in total. The van der Waals surface area contributed by atoms with Crippen LogP contribution in [0.25, 0.3) is 10.9 Å². The van der Waals surface area contributed by atoms with Crippen molar-refractivity contribution in [3.05, 3.63) is 70.9 Å². The van der Waals surface area contributed by atoms with Crippen molar-refractivity contribution >= 4 is 16.8 Å². The molecule has 4 heteroatoms. The maximum atomic E-state index is 13.2. The van der Waals surface area contributed by atoms with Crippen LogP contribution >= 0.6 is 0 Å². The number of ether oxygens (including phenoxy) is 1. The number of aryl methyl sites for hydroxylation is 2. The van der Waals surface area contributed by atoms with E-state index in [0.717, 1.165) is 46.3 Å². The van der Waals surface area contributed by atoms with Crippen molar-refractivity contribution < 1.29 is 9.53 Å². The highest BCUT2D eigenvalue weighted by Crippen LogP contribution is 2.32. The zero-order chi connectivity index (χ0) is 18.1. The first-order chi connectivity index (χ1) is 12.7. The fourth-order valence-corrected chi connectivity index (χ4v) is 3.72. The second kappa shape index (κ2) is 6.79. The maximum absolute atomic E-state index is 13.2. The highest BCUT2D eigenvalue weighted by molar-refractivity contribution is 6.01. The Morgan fingerprint density at radius 1 is 1.19 bits per heavy atom. The van der Waals surface area contributed by atoms with Crippen molar-refractivity contribution in [2.75, 3.05) is 6.61 Å². The smallest absolute Gasteiger partial charge is 0.253 e. The highest BCUT2D eigenvalue weighted by Gasteiger charge is 2.25. The fraction of sp³-hybridized carbons (Fsp3) is 0.273. The monoisotopic (exact) mass is 346 g/mol. The average Bonchev–Trinajstić information content (AvgIpc) is 2.68. The summed E-state index contributed by atoms with van der Waals surface area (Å²) in [5, 5.41) is 4.24. The van der Waals surface area contributed by atoms with Crippen LogP contribution in [-0.4, -0.2) is 17.5 Å². The molecule has 1 atom stereocenters. The number of carbonyl (C=O) groups excluding carboxylic acids is 1. The molecule has 0 bridgehead atoms. The number of benzene rings is 2. The Hall–Kier alpha value is -2.88. The standard InChI is InChI=1S/C22H22N2O2/c1-3-17-21(14(2)15-8-4-6-10-18(15)23-17)22(25)24-19-12-13-26-20-11-7-5-9-16(19)20/h4-11,19H,3,12-13H2,1-2H3,(H,24,25)/t19-/m1/s1. The molecule has 0 spiro atoms. The normalized spacial score (nSPS) is 16.0. The number of aromatic nitrogens is 1. The molecule has 0 fully saturated rings. The van der Waals surface area contributed by atoms with Gasteiger partial charge in [0.25, 0.3) is 5.91 Å². The molecule has 0 saturated heterocycles. The van der Waals surface area contributed by atoms with E-state index < -0.39 is 0 Å². The van der Waals surface area contributed by atoms with Gasteiger partial charge in [-0.3, -0.25) is 9.78 Å². The zero-order valence-electron chi connectivity index (χ0n) is 15.1. The largest absolute Gasteiger partial charge is 0.493 e. The zero-order valence-corrected chi connectivity index (χ0v) is 15.1. The fourth-order valence-electron chi connectivity index (χ4n) is 3.72. The molecule has 4 nitrogen and oxygen atoms in total. The summed E-state index contributed by atoms with van der Waals surface area (Å²) in [6, 6.07) is 15.9. The molecule has 1 amide bonds. The van der Waals surface area contributed by atoms with E-state index in [-0.39, 0.29) is 11.9 Å². The first-order valence-electron chi connectivity index (χ1n) is 9.10. The van der Waals surface area contributed by atoms with Crippen LogP contribution in [0.2, 0.25) is 0 Å². The van der Waals surface area contributed by atoms with Crippen molar-refractivity contribution in [2.24, 2.45) is 0 Å². The molecule has 26 heavy (non-hydrogen) atoms. The minimum Gasteiger partial charge on any atom is -0.493 e. The minimum absolute atomic E-state index is 0.0389. The Balaban J connectivity index is 1.72. The molecular weight excluding hydrogens is 324 g/mol. The van der Waals surface area contributed by atoms with Crippen molar-refractivity contribution in [2.45, 2.75) is 32.7 Å². The molecule has 1 aliphatic rings. The second-order valence-electron chi connectivity index (χ2n) is 6.63.